The van der Waals surface area contributed by atoms with Crippen LogP contribution in [0.25, 0.3) is 0 Å². The third-order valence-electron chi connectivity index (χ3n) is 3.18. The van der Waals surface area contributed by atoms with E-state index >= 15 is 0 Å². The zero-order valence-corrected chi connectivity index (χ0v) is 12.1. The summed E-state index contributed by atoms with van der Waals surface area (Å²) in [4.78, 5) is 0. The molecule has 1 nitrogen and oxygen atoms in total. The summed E-state index contributed by atoms with van der Waals surface area (Å²) < 4.78 is 5.91. The summed E-state index contributed by atoms with van der Waals surface area (Å²) in [6, 6.07) is 18.5. The Balaban J connectivity index is 1.97. The highest BCUT2D eigenvalue weighted by molar-refractivity contribution is 6.20. The van der Waals surface area contributed by atoms with Gasteiger partial charge in [-0.2, -0.15) is 0 Å². The molecular weight excluding hydrogens is 256 g/mol. The van der Waals surface area contributed by atoms with E-state index in [1.165, 1.54) is 5.56 Å². The highest BCUT2D eigenvalue weighted by Crippen LogP contribution is 2.22. The fourth-order valence-corrected chi connectivity index (χ4v) is 2.11. The molecule has 0 amide bonds. The topological polar surface area (TPSA) is 9.23 Å². The minimum absolute atomic E-state index is 0.0338. The van der Waals surface area contributed by atoms with Crippen LogP contribution in [0.5, 0.6) is 0 Å². The van der Waals surface area contributed by atoms with Gasteiger partial charge in [-0.1, -0.05) is 54.6 Å². The average Bonchev–Trinajstić information content (AvgIpc) is 2.46. The molecule has 0 aliphatic carbocycles. The van der Waals surface area contributed by atoms with E-state index in [1.807, 2.05) is 37.3 Å². The molecule has 100 valence electrons. The predicted molar refractivity (Wildman–Crippen MR) is 80.4 cm³/mol. The molecule has 2 rings (SSSR count). The zero-order chi connectivity index (χ0) is 13.7. The molecule has 2 aromatic rings. The van der Waals surface area contributed by atoms with Gasteiger partial charge >= 0.3 is 0 Å². The van der Waals surface area contributed by atoms with E-state index in [-0.39, 0.29) is 11.5 Å². The Morgan fingerprint density at radius 3 is 2.32 bits per heavy atom. The summed E-state index contributed by atoms with van der Waals surface area (Å²) in [6.45, 7) is 4.66. The largest absolute Gasteiger partial charge is 0.369 e. The molecule has 0 heterocycles. The van der Waals surface area contributed by atoms with Crippen molar-refractivity contribution < 1.29 is 4.74 Å². The molecule has 0 fully saturated rings. The fourth-order valence-electron chi connectivity index (χ4n) is 1.97. The van der Waals surface area contributed by atoms with Crippen LogP contribution in [0, 0.1) is 0 Å². The van der Waals surface area contributed by atoms with Crippen LogP contribution in [-0.4, -0.2) is 0 Å². The molecule has 2 atom stereocenters. The maximum atomic E-state index is 6.09. The predicted octanol–water partition coefficient (Wildman–Crippen LogP) is 5.26. The Morgan fingerprint density at radius 2 is 1.63 bits per heavy atom. The summed E-state index contributed by atoms with van der Waals surface area (Å²) in [5, 5.41) is 0.0338. The summed E-state index contributed by atoms with van der Waals surface area (Å²) >= 11 is 6.09. The summed E-state index contributed by atoms with van der Waals surface area (Å²) in [5.74, 6) is 0. The second-order valence-electron chi connectivity index (χ2n) is 4.72. The lowest BCUT2D eigenvalue weighted by molar-refractivity contribution is 0.0525. The number of benzene rings is 2. The minimum Gasteiger partial charge on any atom is -0.369 e. The number of alkyl halides is 1. The van der Waals surface area contributed by atoms with Gasteiger partial charge in [0.2, 0.25) is 0 Å². The quantitative estimate of drug-likeness (QED) is 0.676. The lowest BCUT2D eigenvalue weighted by Gasteiger charge is -2.14. The SMILES string of the molecule is C[C@H](OCc1cccc([C@@H](C)Cl)c1)c1ccccc1. The van der Waals surface area contributed by atoms with Crippen molar-refractivity contribution in [3.05, 3.63) is 71.3 Å². The number of ether oxygens (including phenoxy) is 1. The molecule has 0 N–H and O–H groups in total. The standard InChI is InChI=1S/C17H19ClO/c1-13(18)17-10-6-7-15(11-17)12-19-14(2)16-8-4-3-5-9-16/h3-11,13-14H,12H2,1-2H3/t13-,14+/m1/s1. The van der Waals surface area contributed by atoms with Crippen molar-refractivity contribution in [1.29, 1.82) is 0 Å². The van der Waals surface area contributed by atoms with Crippen molar-refractivity contribution in [2.45, 2.75) is 31.9 Å². The molecule has 19 heavy (non-hydrogen) atoms. The molecule has 0 aliphatic rings. The Bertz CT molecular complexity index is 508. The van der Waals surface area contributed by atoms with Gasteiger partial charge in [-0.3, -0.25) is 0 Å². The summed E-state index contributed by atoms with van der Waals surface area (Å²) in [6.07, 6.45) is 0.0956. The number of hydrogen-bond acceptors (Lipinski definition) is 1. The highest BCUT2D eigenvalue weighted by Gasteiger charge is 2.06. The van der Waals surface area contributed by atoms with E-state index in [9.17, 15) is 0 Å². The van der Waals surface area contributed by atoms with Crippen LogP contribution in [0.3, 0.4) is 0 Å². The highest BCUT2D eigenvalue weighted by atomic mass is 35.5. The molecule has 2 aromatic carbocycles. The fraction of sp³-hybridized carbons (Fsp3) is 0.294. The van der Waals surface area contributed by atoms with E-state index in [0.717, 1.165) is 11.1 Å². The number of hydrogen-bond donors (Lipinski definition) is 0. The molecule has 0 saturated carbocycles. The van der Waals surface area contributed by atoms with Crippen molar-refractivity contribution in [2.75, 3.05) is 0 Å². The van der Waals surface area contributed by atoms with Gasteiger partial charge in [0.1, 0.15) is 0 Å². The Kier molecular flexibility index (Phi) is 5.00. The van der Waals surface area contributed by atoms with Gasteiger partial charge < -0.3 is 4.74 Å². The van der Waals surface area contributed by atoms with Crippen LogP contribution >= 0.6 is 11.6 Å². The van der Waals surface area contributed by atoms with Crippen LogP contribution in [-0.2, 0) is 11.3 Å². The molecule has 0 spiro atoms. The van der Waals surface area contributed by atoms with Crippen LogP contribution in [0.4, 0.5) is 0 Å². The molecule has 0 saturated heterocycles. The maximum Gasteiger partial charge on any atom is 0.0801 e. The second kappa shape index (κ2) is 6.74. The number of halogens is 1. The van der Waals surface area contributed by atoms with Gasteiger partial charge in [0.25, 0.3) is 0 Å². The van der Waals surface area contributed by atoms with E-state index in [2.05, 4.69) is 31.2 Å². The lowest BCUT2D eigenvalue weighted by Crippen LogP contribution is -2.00. The first kappa shape index (κ1) is 14.1. The molecule has 0 unspecified atom stereocenters. The minimum atomic E-state index is 0.0338. The van der Waals surface area contributed by atoms with E-state index in [1.54, 1.807) is 0 Å². The smallest absolute Gasteiger partial charge is 0.0801 e. The van der Waals surface area contributed by atoms with Gasteiger partial charge in [-0.05, 0) is 30.5 Å². The van der Waals surface area contributed by atoms with Crippen molar-refractivity contribution in [2.24, 2.45) is 0 Å². The van der Waals surface area contributed by atoms with Gasteiger partial charge in [-0.25, -0.2) is 0 Å². The van der Waals surface area contributed by atoms with Crippen LogP contribution in [0.15, 0.2) is 54.6 Å². The lowest BCUT2D eigenvalue weighted by atomic mass is 10.1. The zero-order valence-electron chi connectivity index (χ0n) is 11.3. The van der Waals surface area contributed by atoms with Crippen molar-refractivity contribution in [3.63, 3.8) is 0 Å². The summed E-state index contributed by atoms with van der Waals surface area (Å²) in [7, 11) is 0. The van der Waals surface area contributed by atoms with Crippen LogP contribution in [0.2, 0.25) is 0 Å². The van der Waals surface area contributed by atoms with Crippen LogP contribution < -0.4 is 0 Å². The van der Waals surface area contributed by atoms with E-state index in [0.29, 0.717) is 6.61 Å². The third kappa shape index (κ3) is 4.09. The van der Waals surface area contributed by atoms with E-state index in [4.69, 9.17) is 16.3 Å². The molecule has 0 aromatic heterocycles. The Morgan fingerprint density at radius 1 is 0.947 bits per heavy atom. The molecular formula is C17H19ClO. The third-order valence-corrected chi connectivity index (χ3v) is 3.43. The summed E-state index contributed by atoms with van der Waals surface area (Å²) in [5.41, 5.74) is 3.49. The Labute approximate surface area is 120 Å². The molecule has 0 bridgehead atoms. The van der Waals surface area contributed by atoms with Gasteiger partial charge in [0.15, 0.2) is 0 Å². The second-order valence-corrected chi connectivity index (χ2v) is 5.38. The first-order valence-electron chi connectivity index (χ1n) is 6.56. The monoisotopic (exact) mass is 274 g/mol. The first-order chi connectivity index (χ1) is 9.16. The van der Waals surface area contributed by atoms with Gasteiger partial charge in [0.05, 0.1) is 18.1 Å². The van der Waals surface area contributed by atoms with Crippen molar-refractivity contribution >= 4 is 11.6 Å². The van der Waals surface area contributed by atoms with Gasteiger partial charge in [0, 0.05) is 0 Å². The maximum absolute atomic E-state index is 6.09. The Hall–Kier alpha value is -1.31. The van der Waals surface area contributed by atoms with Crippen molar-refractivity contribution in [3.8, 4) is 0 Å². The van der Waals surface area contributed by atoms with Crippen LogP contribution in [0.1, 0.15) is 42.0 Å². The average molecular weight is 275 g/mol. The van der Waals surface area contributed by atoms with Gasteiger partial charge in [-0.15, -0.1) is 11.6 Å². The number of rotatable bonds is 5. The normalized spacial score (nSPS) is 14.1. The molecule has 0 aliphatic heterocycles. The molecule has 0 radical (unpaired) electrons. The van der Waals surface area contributed by atoms with E-state index < -0.39 is 0 Å². The van der Waals surface area contributed by atoms with Crippen molar-refractivity contribution in [1.82, 2.24) is 0 Å². The molecule has 2 heteroatoms. The first-order valence-corrected chi connectivity index (χ1v) is 7.00.